The summed E-state index contributed by atoms with van der Waals surface area (Å²) in [6.45, 7) is -0.881. The van der Waals surface area contributed by atoms with Crippen LogP contribution < -0.4 is 5.32 Å². The third-order valence-corrected chi connectivity index (χ3v) is 3.98. The van der Waals surface area contributed by atoms with Gasteiger partial charge in [0.15, 0.2) is 6.61 Å². The molecule has 0 spiro atoms. The summed E-state index contributed by atoms with van der Waals surface area (Å²) in [4.78, 5) is 35.5. The highest BCUT2D eigenvalue weighted by Gasteiger charge is 2.15. The topological polar surface area (TPSA) is 72.5 Å². The molecule has 1 amide bonds. The van der Waals surface area contributed by atoms with Gasteiger partial charge in [0.05, 0.1) is 15.6 Å². The van der Waals surface area contributed by atoms with Gasteiger partial charge in [-0.25, -0.2) is 0 Å². The number of esters is 1. The monoisotopic (exact) mass is 399 g/mol. The van der Waals surface area contributed by atoms with Crippen molar-refractivity contribution in [3.05, 3.63) is 68.7 Å². The van der Waals surface area contributed by atoms with Gasteiger partial charge in [-0.05, 0) is 30.3 Å². The average Bonchev–Trinajstić information content (AvgIpc) is 2.58. The van der Waals surface area contributed by atoms with Gasteiger partial charge >= 0.3 is 5.97 Å². The molecule has 0 aliphatic carbocycles. The van der Waals surface area contributed by atoms with Crippen molar-refractivity contribution in [2.24, 2.45) is 0 Å². The number of nitrogens with one attached hydrogen (secondary N) is 1. The molecule has 0 bridgehead atoms. The standard InChI is InChI=1S/C17H12Cl3NO4/c18-10-5-6-12(14(20)7-10)17(24)21-8-16(23)25-9-15(22)11-3-1-2-4-13(11)19/h1-7H,8-9H2,(H,21,24). The number of carbonyl (C=O) groups is 3. The van der Waals surface area contributed by atoms with Crippen LogP contribution in [0.1, 0.15) is 20.7 Å². The van der Waals surface area contributed by atoms with Crippen LogP contribution in [0.4, 0.5) is 0 Å². The lowest BCUT2D eigenvalue weighted by atomic mass is 10.1. The minimum atomic E-state index is -0.765. The van der Waals surface area contributed by atoms with Crippen LogP contribution >= 0.6 is 34.8 Å². The Morgan fingerprint density at radius 3 is 2.32 bits per heavy atom. The molecule has 0 saturated heterocycles. The van der Waals surface area contributed by atoms with Crippen molar-refractivity contribution in [3.8, 4) is 0 Å². The molecule has 2 aromatic carbocycles. The average molecular weight is 401 g/mol. The molecule has 0 aliphatic rings. The van der Waals surface area contributed by atoms with Gasteiger partial charge in [-0.15, -0.1) is 0 Å². The van der Waals surface area contributed by atoms with Crippen molar-refractivity contribution in [2.45, 2.75) is 0 Å². The Labute approximate surface area is 158 Å². The molecule has 5 nitrogen and oxygen atoms in total. The number of Topliss-reactive ketones (excluding diaryl/α,β-unsaturated/α-hetero) is 1. The summed E-state index contributed by atoms with van der Waals surface area (Å²) in [6.07, 6.45) is 0. The highest BCUT2D eigenvalue weighted by molar-refractivity contribution is 6.36. The fourth-order valence-electron chi connectivity index (χ4n) is 1.88. The lowest BCUT2D eigenvalue weighted by Gasteiger charge is -2.08. The van der Waals surface area contributed by atoms with Crippen LogP contribution in [0, 0.1) is 0 Å². The molecule has 0 fully saturated rings. The zero-order chi connectivity index (χ0) is 18.4. The summed E-state index contributed by atoms with van der Waals surface area (Å²) in [5, 5.41) is 3.18. The number of halogens is 3. The molecule has 0 aromatic heterocycles. The van der Waals surface area contributed by atoms with Crippen LogP contribution in [0.3, 0.4) is 0 Å². The summed E-state index contributed by atoms with van der Waals surface area (Å²) >= 11 is 17.5. The first-order valence-electron chi connectivity index (χ1n) is 7.05. The summed E-state index contributed by atoms with van der Waals surface area (Å²) in [7, 11) is 0. The second kappa shape index (κ2) is 8.85. The third kappa shape index (κ3) is 5.46. The highest BCUT2D eigenvalue weighted by atomic mass is 35.5. The number of hydrogen-bond donors (Lipinski definition) is 1. The zero-order valence-electron chi connectivity index (χ0n) is 12.7. The maximum Gasteiger partial charge on any atom is 0.325 e. The second-order valence-electron chi connectivity index (χ2n) is 4.87. The van der Waals surface area contributed by atoms with Gasteiger partial charge in [0.2, 0.25) is 5.78 Å². The van der Waals surface area contributed by atoms with Crippen LogP contribution in [0.15, 0.2) is 42.5 Å². The van der Waals surface area contributed by atoms with E-state index < -0.39 is 30.8 Å². The largest absolute Gasteiger partial charge is 0.456 e. The number of carbonyl (C=O) groups excluding carboxylic acids is 3. The molecular weight excluding hydrogens is 389 g/mol. The second-order valence-corrected chi connectivity index (χ2v) is 6.12. The van der Waals surface area contributed by atoms with E-state index in [2.05, 4.69) is 5.32 Å². The molecule has 0 unspecified atom stereocenters. The summed E-state index contributed by atoms with van der Waals surface area (Å²) in [5.41, 5.74) is 0.431. The molecule has 1 N–H and O–H groups in total. The Hall–Kier alpha value is -2.08. The van der Waals surface area contributed by atoms with Crippen molar-refractivity contribution in [3.63, 3.8) is 0 Å². The minimum absolute atomic E-state index is 0.160. The lowest BCUT2D eigenvalue weighted by Crippen LogP contribution is -2.31. The smallest absolute Gasteiger partial charge is 0.325 e. The Balaban J connectivity index is 1.83. The van der Waals surface area contributed by atoms with E-state index in [1.165, 1.54) is 24.3 Å². The molecular formula is C17H12Cl3NO4. The summed E-state index contributed by atoms with van der Waals surface area (Å²) in [5.74, 6) is -1.76. The molecule has 0 aliphatic heterocycles. The van der Waals surface area contributed by atoms with Crippen LogP contribution in [-0.4, -0.2) is 30.8 Å². The maximum atomic E-state index is 12.0. The van der Waals surface area contributed by atoms with E-state index in [0.717, 1.165) is 0 Å². The first-order chi connectivity index (χ1) is 11.9. The van der Waals surface area contributed by atoms with Crippen LogP contribution in [0.5, 0.6) is 0 Å². The number of amides is 1. The van der Waals surface area contributed by atoms with Crippen LogP contribution in [-0.2, 0) is 9.53 Å². The Morgan fingerprint density at radius 1 is 0.920 bits per heavy atom. The third-order valence-electron chi connectivity index (χ3n) is 3.11. The predicted octanol–water partition coefficient (Wildman–Crippen LogP) is 3.80. The molecule has 25 heavy (non-hydrogen) atoms. The first kappa shape index (κ1) is 19.2. The van der Waals surface area contributed by atoms with Gasteiger partial charge in [-0.2, -0.15) is 0 Å². The van der Waals surface area contributed by atoms with Gasteiger partial charge in [-0.1, -0.05) is 46.9 Å². The van der Waals surface area contributed by atoms with E-state index in [-0.39, 0.29) is 21.2 Å². The number of hydrogen-bond acceptors (Lipinski definition) is 4. The molecule has 8 heteroatoms. The van der Waals surface area contributed by atoms with E-state index in [9.17, 15) is 14.4 Å². The normalized spacial score (nSPS) is 10.2. The predicted molar refractivity (Wildman–Crippen MR) is 95.5 cm³/mol. The molecule has 2 rings (SSSR count). The van der Waals surface area contributed by atoms with E-state index in [0.29, 0.717) is 5.02 Å². The van der Waals surface area contributed by atoms with Gasteiger partial charge in [0.1, 0.15) is 6.54 Å². The summed E-state index contributed by atoms with van der Waals surface area (Å²) < 4.78 is 4.83. The fourth-order valence-corrected chi connectivity index (χ4v) is 2.62. The lowest BCUT2D eigenvalue weighted by molar-refractivity contribution is -0.141. The number of benzene rings is 2. The first-order valence-corrected chi connectivity index (χ1v) is 8.18. The van der Waals surface area contributed by atoms with Crippen molar-refractivity contribution in [1.29, 1.82) is 0 Å². The molecule has 2 aromatic rings. The molecule has 0 radical (unpaired) electrons. The van der Waals surface area contributed by atoms with Gasteiger partial charge in [0.25, 0.3) is 5.91 Å². The zero-order valence-corrected chi connectivity index (χ0v) is 15.0. The highest BCUT2D eigenvalue weighted by Crippen LogP contribution is 2.20. The van der Waals surface area contributed by atoms with E-state index in [1.807, 2.05) is 0 Å². The number of ketones is 1. The SMILES string of the molecule is O=C(CNC(=O)c1ccc(Cl)cc1Cl)OCC(=O)c1ccccc1Cl. The van der Waals surface area contributed by atoms with E-state index >= 15 is 0 Å². The Bertz CT molecular complexity index is 823. The molecule has 0 atom stereocenters. The van der Waals surface area contributed by atoms with Gasteiger partial charge in [-0.3, -0.25) is 14.4 Å². The van der Waals surface area contributed by atoms with Crippen LogP contribution in [0.25, 0.3) is 0 Å². The van der Waals surface area contributed by atoms with Crippen molar-refractivity contribution >= 4 is 52.5 Å². The fraction of sp³-hybridized carbons (Fsp3) is 0.118. The Morgan fingerprint density at radius 2 is 1.64 bits per heavy atom. The van der Waals surface area contributed by atoms with Gasteiger partial charge < -0.3 is 10.1 Å². The quantitative estimate of drug-likeness (QED) is 0.591. The van der Waals surface area contributed by atoms with Crippen LogP contribution in [0.2, 0.25) is 15.1 Å². The molecule has 130 valence electrons. The van der Waals surface area contributed by atoms with Crippen molar-refractivity contribution < 1.29 is 19.1 Å². The minimum Gasteiger partial charge on any atom is -0.456 e. The summed E-state index contributed by atoms with van der Waals surface area (Å²) in [6, 6.07) is 10.8. The van der Waals surface area contributed by atoms with Crippen molar-refractivity contribution in [2.75, 3.05) is 13.2 Å². The van der Waals surface area contributed by atoms with Crippen molar-refractivity contribution in [1.82, 2.24) is 5.32 Å². The van der Waals surface area contributed by atoms with Gasteiger partial charge in [0, 0.05) is 10.6 Å². The molecule has 0 heterocycles. The number of ether oxygens (including phenoxy) is 1. The maximum absolute atomic E-state index is 12.0. The van der Waals surface area contributed by atoms with E-state index in [1.54, 1.807) is 18.2 Å². The van der Waals surface area contributed by atoms with E-state index in [4.69, 9.17) is 39.5 Å². The number of rotatable bonds is 6. The molecule has 0 saturated carbocycles. The Kier molecular flexibility index (Phi) is 6.82.